The summed E-state index contributed by atoms with van der Waals surface area (Å²) in [6.45, 7) is 17.0. The lowest BCUT2D eigenvalue weighted by molar-refractivity contribution is 0.226. The molecule has 2 nitrogen and oxygen atoms in total. The number of hydrogen-bond acceptors (Lipinski definition) is 2. The van der Waals surface area contributed by atoms with E-state index in [2.05, 4.69) is 37.5 Å². The Morgan fingerprint density at radius 1 is 0.321 bits per heavy atom. The molecule has 0 amide bonds. The molecule has 0 radical (unpaired) electrons. The Bertz CT molecular complexity index is 280. The molecule has 28 heavy (non-hydrogen) atoms. The van der Waals surface area contributed by atoms with Crippen LogP contribution in [0.4, 0.5) is 0 Å². The summed E-state index contributed by atoms with van der Waals surface area (Å²) in [5.41, 5.74) is 0. The van der Waals surface area contributed by atoms with Crippen LogP contribution in [0.1, 0.15) is 130 Å². The average Bonchev–Trinajstić information content (AvgIpc) is 2.71. The molecule has 0 rings (SSSR count). The van der Waals surface area contributed by atoms with E-state index in [1.165, 1.54) is 142 Å². The van der Waals surface area contributed by atoms with Crippen LogP contribution in [0.15, 0.2) is 0 Å². The van der Waals surface area contributed by atoms with Crippen molar-refractivity contribution in [2.75, 3.05) is 39.3 Å². The normalized spacial score (nSPS) is 11.8. The molecule has 170 valence electrons. The molecule has 0 aliphatic carbocycles. The van der Waals surface area contributed by atoms with Crippen LogP contribution in [0.5, 0.6) is 0 Å². The van der Waals surface area contributed by atoms with Crippen LogP contribution in [0.2, 0.25) is 0 Å². The molecule has 0 saturated carbocycles. The molecule has 0 aromatic rings. The minimum absolute atomic E-state index is 1.22. The van der Waals surface area contributed by atoms with Crippen LogP contribution in [0.3, 0.4) is 0 Å². The first-order valence-electron chi connectivity index (χ1n) is 13.2. The van der Waals surface area contributed by atoms with Crippen LogP contribution in [-0.4, -0.2) is 49.1 Å². The molecule has 0 fully saturated rings. The van der Waals surface area contributed by atoms with Crippen molar-refractivity contribution in [3.63, 3.8) is 0 Å². The maximum atomic E-state index is 2.73. The van der Waals surface area contributed by atoms with Gasteiger partial charge in [-0.05, 0) is 65.0 Å². The largest absolute Gasteiger partial charge is 0.304 e. The summed E-state index contributed by atoms with van der Waals surface area (Å²) in [7, 11) is 0. The molecular weight excluding hydrogens is 340 g/mol. The zero-order valence-electron chi connectivity index (χ0n) is 20.5. The third-order valence-electron chi connectivity index (χ3n) is 6.09. The van der Waals surface area contributed by atoms with Gasteiger partial charge in [-0.3, -0.25) is 0 Å². The first kappa shape index (κ1) is 27.9. The van der Waals surface area contributed by atoms with Gasteiger partial charge >= 0.3 is 0 Å². The highest BCUT2D eigenvalue weighted by molar-refractivity contribution is 4.62. The fourth-order valence-electron chi connectivity index (χ4n) is 4.18. The van der Waals surface area contributed by atoms with Crippen molar-refractivity contribution in [3.8, 4) is 0 Å². The van der Waals surface area contributed by atoms with Crippen molar-refractivity contribution in [2.24, 2.45) is 0 Å². The molecular formula is C26H56N2. The highest BCUT2D eigenvalue weighted by Crippen LogP contribution is 2.09. The van der Waals surface area contributed by atoms with Gasteiger partial charge in [-0.25, -0.2) is 0 Å². The molecule has 0 unspecified atom stereocenters. The Labute approximate surface area is 179 Å². The molecule has 0 aliphatic heterocycles. The van der Waals surface area contributed by atoms with Crippen molar-refractivity contribution in [1.29, 1.82) is 0 Å². The van der Waals surface area contributed by atoms with Gasteiger partial charge in [0.1, 0.15) is 0 Å². The summed E-state index contributed by atoms with van der Waals surface area (Å²) in [5.74, 6) is 0. The summed E-state index contributed by atoms with van der Waals surface area (Å²) < 4.78 is 0. The van der Waals surface area contributed by atoms with E-state index in [9.17, 15) is 0 Å². The van der Waals surface area contributed by atoms with Crippen molar-refractivity contribution < 1.29 is 0 Å². The molecule has 0 aromatic heterocycles. The van der Waals surface area contributed by atoms with E-state index < -0.39 is 0 Å². The summed E-state index contributed by atoms with van der Waals surface area (Å²) in [6, 6.07) is 0. The maximum absolute atomic E-state index is 2.73. The second-order valence-corrected chi connectivity index (χ2v) is 8.87. The maximum Gasteiger partial charge on any atom is -0.000655 e. The van der Waals surface area contributed by atoms with Crippen LogP contribution in [-0.2, 0) is 0 Å². The number of unbranched alkanes of at least 4 members (excludes halogenated alkanes) is 12. The van der Waals surface area contributed by atoms with E-state index in [4.69, 9.17) is 0 Å². The minimum Gasteiger partial charge on any atom is -0.304 e. The summed E-state index contributed by atoms with van der Waals surface area (Å²) in [4.78, 5) is 5.41. The first-order valence-corrected chi connectivity index (χ1v) is 13.2. The van der Waals surface area contributed by atoms with Gasteiger partial charge in [0.05, 0.1) is 0 Å². The predicted molar refractivity (Wildman–Crippen MR) is 129 cm³/mol. The Kier molecular flexibility index (Phi) is 23.1. The molecule has 0 aromatic carbocycles. The third kappa shape index (κ3) is 19.2. The fraction of sp³-hybridized carbons (Fsp3) is 1.00. The van der Waals surface area contributed by atoms with Gasteiger partial charge in [0.25, 0.3) is 0 Å². The smallest absolute Gasteiger partial charge is 0.000655 e. The van der Waals surface area contributed by atoms with Crippen LogP contribution < -0.4 is 0 Å². The van der Waals surface area contributed by atoms with Gasteiger partial charge in [-0.15, -0.1) is 0 Å². The van der Waals surface area contributed by atoms with E-state index >= 15 is 0 Å². The van der Waals surface area contributed by atoms with Crippen molar-refractivity contribution in [2.45, 2.75) is 130 Å². The van der Waals surface area contributed by atoms with Crippen molar-refractivity contribution >= 4 is 0 Å². The lowest BCUT2D eigenvalue weighted by Crippen LogP contribution is -2.31. The van der Waals surface area contributed by atoms with Gasteiger partial charge in [0, 0.05) is 0 Å². The third-order valence-corrected chi connectivity index (χ3v) is 6.09. The Hall–Kier alpha value is -0.0800. The van der Waals surface area contributed by atoms with E-state index in [-0.39, 0.29) is 0 Å². The molecule has 2 heteroatoms. The summed E-state index contributed by atoms with van der Waals surface area (Å²) in [5, 5.41) is 0. The monoisotopic (exact) mass is 396 g/mol. The second kappa shape index (κ2) is 23.2. The highest BCUT2D eigenvalue weighted by Gasteiger charge is 2.06. The Morgan fingerprint density at radius 2 is 0.714 bits per heavy atom. The quantitative estimate of drug-likeness (QED) is 0.162. The van der Waals surface area contributed by atoms with Crippen LogP contribution >= 0.6 is 0 Å². The predicted octanol–water partition coefficient (Wildman–Crippen LogP) is 7.91. The van der Waals surface area contributed by atoms with Gasteiger partial charge in [0.2, 0.25) is 0 Å². The molecule has 0 heterocycles. The number of nitrogens with zero attached hydrogens (tertiary/aromatic N) is 2. The van der Waals surface area contributed by atoms with E-state index in [1.807, 2.05) is 0 Å². The molecule has 0 atom stereocenters. The van der Waals surface area contributed by atoms with E-state index in [0.717, 1.165) is 0 Å². The van der Waals surface area contributed by atoms with Gasteiger partial charge in [0.15, 0.2) is 0 Å². The minimum atomic E-state index is 1.22. The van der Waals surface area contributed by atoms with Gasteiger partial charge in [-0.2, -0.15) is 0 Å². The van der Waals surface area contributed by atoms with Crippen LogP contribution in [0, 0.1) is 0 Å². The molecule has 0 saturated heterocycles. The number of hydrogen-bond donors (Lipinski definition) is 0. The standard InChI is InChI=1S/C26H56N2/c1-5-9-11-13-15-17-19-23-27(8-4)25-21-26-28(22-7-3)24-20-18-16-14-12-10-6-2/h5-26H2,1-4H3. The zero-order chi connectivity index (χ0) is 20.7. The highest BCUT2D eigenvalue weighted by atomic mass is 15.1. The SMILES string of the molecule is CCCCCCCCCN(CC)CCCN(CCC)CCCCCCCCC. The summed E-state index contributed by atoms with van der Waals surface area (Å²) >= 11 is 0. The second-order valence-electron chi connectivity index (χ2n) is 8.87. The van der Waals surface area contributed by atoms with Crippen molar-refractivity contribution in [3.05, 3.63) is 0 Å². The molecule has 0 N–H and O–H groups in total. The fourth-order valence-corrected chi connectivity index (χ4v) is 4.18. The van der Waals surface area contributed by atoms with Crippen molar-refractivity contribution in [1.82, 2.24) is 9.80 Å². The Morgan fingerprint density at radius 3 is 1.18 bits per heavy atom. The number of rotatable bonds is 23. The molecule has 0 bridgehead atoms. The zero-order valence-corrected chi connectivity index (χ0v) is 20.5. The van der Waals surface area contributed by atoms with Gasteiger partial charge < -0.3 is 9.80 Å². The van der Waals surface area contributed by atoms with Crippen LogP contribution in [0.25, 0.3) is 0 Å². The van der Waals surface area contributed by atoms with E-state index in [0.29, 0.717) is 0 Å². The van der Waals surface area contributed by atoms with E-state index in [1.54, 1.807) is 0 Å². The molecule has 0 aliphatic rings. The lowest BCUT2D eigenvalue weighted by Gasteiger charge is -2.25. The molecule has 0 spiro atoms. The lowest BCUT2D eigenvalue weighted by atomic mass is 10.1. The topological polar surface area (TPSA) is 6.48 Å². The first-order chi connectivity index (χ1) is 13.8. The average molecular weight is 397 g/mol. The van der Waals surface area contributed by atoms with Gasteiger partial charge in [-0.1, -0.05) is 105 Å². The Balaban J connectivity index is 3.73. The summed E-state index contributed by atoms with van der Waals surface area (Å²) in [6.07, 6.45) is 22.6.